The standard InChI is InChI=1S/C8H7F3N2O2/c9-4-1-2-6(13(14)15)8(11)7(4)5(10)3-12/h1-2,5H,3,12H2. The van der Waals surface area contributed by atoms with Crippen LogP contribution in [-0.4, -0.2) is 11.5 Å². The number of hydrogen-bond acceptors (Lipinski definition) is 3. The van der Waals surface area contributed by atoms with Crippen molar-refractivity contribution < 1.29 is 18.1 Å². The van der Waals surface area contributed by atoms with E-state index in [0.29, 0.717) is 12.1 Å². The minimum atomic E-state index is -2.09. The molecule has 0 radical (unpaired) electrons. The minimum Gasteiger partial charge on any atom is -0.327 e. The fraction of sp³-hybridized carbons (Fsp3) is 0.250. The first-order valence-corrected chi connectivity index (χ1v) is 3.95. The zero-order valence-corrected chi connectivity index (χ0v) is 7.41. The number of halogens is 3. The molecule has 1 rings (SSSR count). The number of alkyl halides is 1. The Morgan fingerprint density at radius 3 is 2.53 bits per heavy atom. The molecule has 1 aromatic carbocycles. The number of nitro groups is 1. The highest BCUT2D eigenvalue weighted by atomic mass is 19.2. The monoisotopic (exact) mass is 220 g/mol. The van der Waals surface area contributed by atoms with Gasteiger partial charge in [0.15, 0.2) is 0 Å². The summed E-state index contributed by atoms with van der Waals surface area (Å²) in [7, 11) is 0. The van der Waals surface area contributed by atoms with Crippen LogP contribution < -0.4 is 5.73 Å². The first-order chi connectivity index (χ1) is 6.99. The number of nitrogens with two attached hydrogens (primary N) is 1. The van der Waals surface area contributed by atoms with Crippen molar-refractivity contribution in [2.75, 3.05) is 6.54 Å². The number of rotatable bonds is 3. The summed E-state index contributed by atoms with van der Waals surface area (Å²) in [6.45, 7) is -0.644. The van der Waals surface area contributed by atoms with Crippen LogP contribution in [0.1, 0.15) is 11.7 Å². The molecule has 0 amide bonds. The van der Waals surface area contributed by atoms with E-state index in [1.165, 1.54) is 0 Å². The second-order valence-electron chi connectivity index (χ2n) is 2.75. The highest BCUT2D eigenvalue weighted by molar-refractivity contribution is 5.38. The first-order valence-electron chi connectivity index (χ1n) is 3.95. The maximum Gasteiger partial charge on any atom is 0.305 e. The highest BCUT2D eigenvalue weighted by Gasteiger charge is 2.26. The van der Waals surface area contributed by atoms with E-state index in [2.05, 4.69) is 0 Å². The Morgan fingerprint density at radius 1 is 1.47 bits per heavy atom. The molecule has 7 heteroatoms. The summed E-state index contributed by atoms with van der Waals surface area (Å²) in [4.78, 5) is 9.23. The van der Waals surface area contributed by atoms with Crippen LogP contribution in [0.25, 0.3) is 0 Å². The van der Waals surface area contributed by atoms with Gasteiger partial charge in [-0.15, -0.1) is 0 Å². The van der Waals surface area contributed by atoms with E-state index in [-0.39, 0.29) is 0 Å². The summed E-state index contributed by atoms with van der Waals surface area (Å²) >= 11 is 0. The summed E-state index contributed by atoms with van der Waals surface area (Å²) < 4.78 is 39.2. The quantitative estimate of drug-likeness (QED) is 0.624. The summed E-state index contributed by atoms with van der Waals surface area (Å²) in [5, 5.41) is 10.3. The Morgan fingerprint density at radius 2 is 2.07 bits per heavy atom. The molecule has 0 aliphatic carbocycles. The SMILES string of the molecule is NCC(F)c1c(F)ccc([N+](=O)[O-])c1F. The zero-order chi connectivity index (χ0) is 11.6. The molecule has 0 aromatic heterocycles. The predicted molar refractivity (Wildman–Crippen MR) is 45.9 cm³/mol. The van der Waals surface area contributed by atoms with Crippen LogP contribution in [0.15, 0.2) is 12.1 Å². The molecule has 0 aliphatic heterocycles. The smallest absolute Gasteiger partial charge is 0.305 e. The molecule has 4 nitrogen and oxygen atoms in total. The molecule has 0 saturated carbocycles. The molecular weight excluding hydrogens is 213 g/mol. The third-order valence-corrected chi connectivity index (χ3v) is 1.82. The molecule has 0 fully saturated rings. The Kier molecular flexibility index (Phi) is 3.25. The molecular formula is C8H7F3N2O2. The zero-order valence-electron chi connectivity index (χ0n) is 7.41. The number of benzene rings is 1. The summed E-state index contributed by atoms with van der Waals surface area (Å²) in [6.07, 6.45) is -2.09. The van der Waals surface area contributed by atoms with Gasteiger partial charge < -0.3 is 5.73 Å². The van der Waals surface area contributed by atoms with E-state index >= 15 is 0 Å². The van der Waals surface area contributed by atoms with Gasteiger partial charge in [0.2, 0.25) is 5.82 Å². The maximum atomic E-state index is 13.2. The fourth-order valence-corrected chi connectivity index (χ4v) is 1.10. The molecule has 1 atom stereocenters. The lowest BCUT2D eigenvalue weighted by atomic mass is 10.1. The van der Waals surface area contributed by atoms with Crippen molar-refractivity contribution in [2.24, 2.45) is 5.73 Å². The van der Waals surface area contributed by atoms with E-state index in [4.69, 9.17) is 5.73 Å². The van der Waals surface area contributed by atoms with Gasteiger partial charge in [-0.2, -0.15) is 4.39 Å². The number of hydrogen-bond donors (Lipinski definition) is 1. The van der Waals surface area contributed by atoms with Gasteiger partial charge in [-0.25, -0.2) is 8.78 Å². The van der Waals surface area contributed by atoms with E-state index in [0.717, 1.165) is 0 Å². The van der Waals surface area contributed by atoms with E-state index in [1.54, 1.807) is 0 Å². The third-order valence-electron chi connectivity index (χ3n) is 1.82. The van der Waals surface area contributed by atoms with Crippen molar-refractivity contribution in [1.82, 2.24) is 0 Å². The minimum absolute atomic E-state index is 0.636. The van der Waals surface area contributed by atoms with E-state index in [1.807, 2.05) is 0 Å². The molecule has 0 aliphatic rings. The fourth-order valence-electron chi connectivity index (χ4n) is 1.10. The van der Waals surface area contributed by atoms with Crippen molar-refractivity contribution in [3.05, 3.63) is 39.4 Å². The van der Waals surface area contributed by atoms with Crippen LogP contribution in [0.2, 0.25) is 0 Å². The second-order valence-corrected chi connectivity index (χ2v) is 2.75. The molecule has 82 valence electrons. The van der Waals surface area contributed by atoms with E-state index < -0.39 is 40.5 Å². The molecule has 2 N–H and O–H groups in total. The van der Waals surface area contributed by atoms with Crippen molar-refractivity contribution in [3.8, 4) is 0 Å². The predicted octanol–water partition coefficient (Wildman–Crippen LogP) is 1.84. The number of nitro benzene ring substituents is 1. The largest absolute Gasteiger partial charge is 0.327 e. The Balaban J connectivity index is 3.36. The van der Waals surface area contributed by atoms with Crippen LogP contribution in [-0.2, 0) is 0 Å². The highest BCUT2D eigenvalue weighted by Crippen LogP contribution is 2.29. The normalized spacial score (nSPS) is 12.5. The van der Waals surface area contributed by atoms with Gasteiger partial charge in [0.05, 0.1) is 10.5 Å². The Bertz CT molecular complexity index is 398. The van der Waals surface area contributed by atoms with Crippen molar-refractivity contribution in [3.63, 3.8) is 0 Å². The Hall–Kier alpha value is -1.63. The van der Waals surface area contributed by atoms with Gasteiger partial charge in [0, 0.05) is 12.6 Å². The van der Waals surface area contributed by atoms with Crippen LogP contribution in [0, 0.1) is 21.7 Å². The molecule has 1 aromatic rings. The lowest BCUT2D eigenvalue weighted by Gasteiger charge is -2.07. The van der Waals surface area contributed by atoms with Crippen LogP contribution in [0.4, 0.5) is 18.9 Å². The van der Waals surface area contributed by atoms with Gasteiger partial charge >= 0.3 is 5.69 Å². The van der Waals surface area contributed by atoms with Crippen LogP contribution >= 0.6 is 0 Å². The Labute approximate surface area is 82.7 Å². The van der Waals surface area contributed by atoms with Crippen molar-refractivity contribution in [1.29, 1.82) is 0 Å². The van der Waals surface area contributed by atoms with Crippen LogP contribution in [0.3, 0.4) is 0 Å². The average Bonchev–Trinajstić information content (AvgIpc) is 2.16. The van der Waals surface area contributed by atoms with Gasteiger partial charge in [-0.1, -0.05) is 0 Å². The first kappa shape index (κ1) is 11.4. The van der Waals surface area contributed by atoms with Crippen molar-refractivity contribution >= 4 is 5.69 Å². The van der Waals surface area contributed by atoms with E-state index in [9.17, 15) is 23.3 Å². The van der Waals surface area contributed by atoms with Gasteiger partial charge in [-0.05, 0) is 6.07 Å². The number of nitrogens with zero attached hydrogens (tertiary/aromatic N) is 1. The molecule has 1 unspecified atom stereocenters. The average molecular weight is 220 g/mol. The second kappa shape index (κ2) is 4.26. The van der Waals surface area contributed by atoms with Crippen molar-refractivity contribution in [2.45, 2.75) is 6.17 Å². The third kappa shape index (κ3) is 2.07. The molecule has 0 heterocycles. The molecule has 15 heavy (non-hydrogen) atoms. The van der Waals surface area contributed by atoms with Crippen LogP contribution in [0.5, 0.6) is 0 Å². The van der Waals surface area contributed by atoms with Gasteiger partial charge in [0.1, 0.15) is 12.0 Å². The molecule has 0 bridgehead atoms. The molecule has 0 spiro atoms. The summed E-state index contributed by atoms with van der Waals surface area (Å²) in [6, 6.07) is 1.27. The summed E-state index contributed by atoms with van der Waals surface area (Å²) in [5.41, 5.74) is 2.93. The van der Waals surface area contributed by atoms with Gasteiger partial charge in [0.25, 0.3) is 0 Å². The lowest BCUT2D eigenvalue weighted by molar-refractivity contribution is -0.387. The van der Waals surface area contributed by atoms with Gasteiger partial charge in [-0.3, -0.25) is 10.1 Å². The maximum absolute atomic E-state index is 13.2. The topological polar surface area (TPSA) is 69.2 Å². The molecule has 0 saturated heterocycles. The summed E-state index contributed by atoms with van der Waals surface area (Å²) in [5.74, 6) is -2.70. The lowest BCUT2D eigenvalue weighted by Crippen LogP contribution is -2.12.